The van der Waals surface area contributed by atoms with Crippen molar-refractivity contribution in [1.29, 1.82) is 0 Å². The molecule has 2 atom stereocenters. The van der Waals surface area contributed by atoms with Gasteiger partial charge in [0.15, 0.2) is 5.69 Å². The van der Waals surface area contributed by atoms with Crippen LogP contribution >= 0.6 is 11.6 Å². The average molecular weight is 517 g/mol. The zero-order valence-electron chi connectivity index (χ0n) is 19.2. The van der Waals surface area contributed by atoms with Crippen molar-refractivity contribution in [3.63, 3.8) is 0 Å². The Labute approximate surface area is 211 Å². The fraction of sp³-hybridized carbons (Fsp3) is 0.273. The van der Waals surface area contributed by atoms with E-state index in [2.05, 4.69) is 25.6 Å². The summed E-state index contributed by atoms with van der Waals surface area (Å²) in [6.07, 6.45) is 1.57. The van der Waals surface area contributed by atoms with Crippen LogP contribution in [0.15, 0.2) is 42.7 Å². The van der Waals surface area contributed by atoms with Crippen LogP contribution in [0.5, 0.6) is 5.75 Å². The van der Waals surface area contributed by atoms with Crippen molar-refractivity contribution in [2.24, 2.45) is 0 Å². The van der Waals surface area contributed by atoms with Gasteiger partial charge in [-0.3, -0.25) is 14.6 Å². The maximum atomic E-state index is 12.7. The molecule has 4 rings (SSSR count). The predicted octanol–water partition coefficient (Wildman–Crippen LogP) is 0.422. The number of piperazine rings is 1. The lowest BCUT2D eigenvalue weighted by Crippen LogP contribution is -2.99. The van der Waals surface area contributed by atoms with Crippen LogP contribution in [0.2, 0.25) is 5.02 Å². The van der Waals surface area contributed by atoms with Gasteiger partial charge in [-0.15, -0.1) is 0 Å². The highest BCUT2D eigenvalue weighted by Crippen LogP contribution is 2.37. The number of quaternary nitrogens is 1. The van der Waals surface area contributed by atoms with E-state index in [4.69, 9.17) is 16.8 Å². The Bertz CT molecular complexity index is 1230. The van der Waals surface area contributed by atoms with E-state index in [0.29, 0.717) is 29.5 Å². The summed E-state index contributed by atoms with van der Waals surface area (Å²) in [5.41, 5.74) is 0.913. The van der Waals surface area contributed by atoms with E-state index in [9.17, 15) is 20.2 Å². The molecule has 36 heavy (non-hydrogen) atoms. The van der Waals surface area contributed by atoms with Crippen LogP contribution < -0.4 is 20.8 Å². The van der Waals surface area contributed by atoms with Crippen molar-refractivity contribution >= 4 is 40.6 Å². The SMILES string of the molecule is CN1CC(=O)N(c2cnc(NCCNc3ccc([NH+]([O-])O)cn3)nc2-c2ccc(Cl)cc2O)C(O)C1. The number of aliphatic hydroxyl groups excluding tert-OH is 1. The van der Waals surface area contributed by atoms with Crippen molar-refractivity contribution < 1.29 is 25.4 Å². The highest BCUT2D eigenvalue weighted by molar-refractivity contribution is 6.30. The number of nitrogens with one attached hydrogen (secondary N) is 3. The second-order valence-corrected chi connectivity index (χ2v) is 8.56. The summed E-state index contributed by atoms with van der Waals surface area (Å²) in [5.74, 6) is 0.269. The Kier molecular flexibility index (Phi) is 7.79. The van der Waals surface area contributed by atoms with Gasteiger partial charge in [0.25, 0.3) is 0 Å². The Morgan fingerprint density at radius 1 is 1.19 bits per heavy atom. The molecule has 190 valence electrons. The predicted molar refractivity (Wildman–Crippen MR) is 132 cm³/mol. The number of nitrogens with zero attached hydrogens (tertiary/aromatic N) is 5. The monoisotopic (exact) mass is 516 g/mol. The molecule has 3 heterocycles. The van der Waals surface area contributed by atoms with Gasteiger partial charge in [0.1, 0.15) is 23.5 Å². The van der Waals surface area contributed by atoms with Crippen LogP contribution in [0.4, 0.5) is 23.1 Å². The van der Waals surface area contributed by atoms with Crippen LogP contribution in [0.25, 0.3) is 11.3 Å². The lowest BCUT2D eigenvalue weighted by atomic mass is 10.1. The van der Waals surface area contributed by atoms with E-state index in [1.54, 1.807) is 30.1 Å². The maximum Gasteiger partial charge on any atom is 0.243 e. The minimum Gasteiger partial charge on any atom is -0.595 e. The first-order chi connectivity index (χ1) is 17.2. The summed E-state index contributed by atoms with van der Waals surface area (Å²) in [6, 6.07) is 7.55. The molecule has 1 aromatic carbocycles. The highest BCUT2D eigenvalue weighted by Gasteiger charge is 2.33. The molecule has 1 fully saturated rings. The van der Waals surface area contributed by atoms with Crippen molar-refractivity contribution in [2.75, 3.05) is 48.8 Å². The Morgan fingerprint density at radius 2 is 1.97 bits per heavy atom. The summed E-state index contributed by atoms with van der Waals surface area (Å²) in [6.45, 7) is 1.15. The minimum atomic E-state index is -1.11. The third-order valence-electron chi connectivity index (χ3n) is 5.42. The van der Waals surface area contributed by atoms with Gasteiger partial charge in [0.05, 0.1) is 24.6 Å². The summed E-state index contributed by atoms with van der Waals surface area (Å²) < 4.78 is 0. The van der Waals surface area contributed by atoms with Gasteiger partial charge in [-0.1, -0.05) is 11.6 Å². The average Bonchev–Trinajstić information content (AvgIpc) is 2.82. The molecule has 1 amide bonds. The molecule has 0 radical (unpaired) electrons. The van der Waals surface area contributed by atoms with Gasteiger partial charge in [-0.2, -0.15) is 5.23 Å². The normalized spacial score (nSPS) is 17.2. The first-order valence-corrected chi connectivity index (χ1v) is 11.3. The molecule has 1 aliphatic rings. The number of hydrogen-bond donors (Lipinski definition) is 6. The number of β-amino-alcohol motifs (C(OH)–C–C–N with tert-alkyl or cyclic N) is 1. The Morgan fingerprint density at radius 3 is 2.64 bits per heavy atom. The number of carbonyl (C=O) groups is 1. The summed E-state index contributed by atoms with van der Waals surface area (Å²) in [4.78, 5) is 28.5. The number of rotatable bonds is 8. The van der Waals surface area contributed by atoms with Crippen molar-refractivity contribution in [3.05, 3.63) is 53.0 Å². The standard InChI is InChI=1S/C22H25ClN8O5/c1-29-11-19(33)30(20(34)12-29)16-10-27-22(28-21(16)15-4-2-13(23)8-17(15)32)25-7-6-24-18-5-3-14(9-26-18)31(35)36/h2-5,8-10,19,31-33,35H,6-7,11-12H2,1H3,(H,24,26)(H,25,27,28). The number of amides is 1. The number of aliphatic hydroxyl groups is 1. The number of likely N-dealkylation sites (N-methyl/N-ethyl adjacent to an activating group) is 1. The van der Waals surface area contributed by atoms with Gasteiger partial charge in [-0.05, 0) is 31.3 Å². The summed E-state index contributed by atoms with van der Waals surface area (Å²) in [7, 11) is 1.73. The number of aromatic hydroxyl groups is 1. The number of phenolic OH excluding ortho intramolecular Hbond substituents is 1. The van der Waals surface area contributed by atoms with E-state index in [0.717, 1.165) is 0 Å². The molecule has 0 spiro atoms. The molecule has 0 bridgehead atoms. The van der Waals surface area contributed by atoms with Crippen LogP contribution in [-0.2, 0) is 4.79 Å². The Hall–Kier alpha value is -3.59. The smallest absolute Gasteiger partial charge is 0.243 e. The van der Waals surface area contributed by atoms with E-state index < -0.39 is 11.5 Å². The van der Waals surface area contributed by atoms with Gasteiger partial charge < -0.3 is 26.1 Å². The highest BCUT2D eigenvalue weighted by atomic mass is 35.5. The van der Waals surface area contributed by atoms with Gasteiger partial charge in [0.2, 0.25) is 11.9 Å². The number of halogens is 1. The second-order valence-electron chi connectivity index (χ2n) is 8.12. The topological polar surface area (TPSA) is 174 Å². The fourth-order valence-corrected chi connectivity index (χ4v) is 3.89. The molecular weight excluding hydrogens is 492 g/mol. The molecule has 2 unspecified atom stereocenters. The first kappa shape index (κ1) is 25.5. The van der Waals surface area contributed by atoms with Crippen molar-refractivity contribution in [1.82, 2.24) is 19.9 Å². The lowest BCUT2D eigenvalue weighted by molar-refractivity contribution is -0.991. The third kappa shape index (κ3) is 5.79. The number of phenols is 1. The van der Waals surface area contributed by atoms with Gasteiger partial charge in [-0.25, -0.2) is 20.2 Å². The number of hydrogen-bond acceptors (Lipinski definition) is 11. The zero-order valence-corrected chi connectivity index (χ0v) is 20.0. The molecule has 14 heteroatoms. The van der Waals surface area contributed by atoms with Crippen molar-refractivity contribution in [2.45, 2.75) is 6.23 Å². The first-order valence-electron chi connectivity index (χ1n) is 10.9. The fourth-order valence-electron chi connectivity index (χ4n) is 3.72. The molecule has 1 aliphatic heterocycles. The number of carbonyl (C=O) groups excluding carboxylic acids is 1. The van der Waals surface area contributed by atoms with E-state index in [1.165, 1.54) is 29.4 Å². The number of anilines is 3. The molecule has 0 saturated carbocycles. The summed E-state index contributed by atoms with van der Waals surface area (Å²) in [5, 5.41) is 46.4. The quantitative estimate of drug-likeness (QED) is 0.181. The molecule has 0 aliphatic carbocycles. The van der Waals surface area contributed by atoms with Crippen LogP contribution in [-0.4, -0.2) is 80.6 Å². The number of benzene rings is 1. The zero-order chi connectivity index (χ0) is 25.8. The summed E-state index contributed by atoms with van der Waals surface area (Å²) >= 11 is 5.99. The second kappa shape index (κ2) is 11.0. The Balaban J connectivity index is 1.54. The lowest BCUT2D eigenvalue weighted by Gasteiger charge is -2.37. The molecule has 2 aromatic heterocycles. The van der Waals surface area contributed by atoms with Crippen LogP contribution in [0.1, 0.15) is 0 Å². The largest absolute Gasteiger partial charge is 0.595 e. The molecule has 13 nitrogen and oxygen atoms in total. The molecule has 6 N–H and O–H groups in total. The van der Waals surface area contributed by atoms with Gasteiger partial charge >= 0.3 is 0 Å². The van der Waals surface area contributed by atoms with Gasteiger partial charge in [0, 0.05) is 36.3 Å². The molecular formula is C22H25ClN8O5. The minimum absolute atomic E-state index is 0.0918. The van der Waals surface area contributed by atoms with E-state index in [1.807, 2.05) is 0 Å². The van der Waals surface area contributed by atoms with E-state index >= 15 is 0 Å². The van der Waals surface area contributed by atoms with Crippen LogP contribution in [0, 0.1) is 5.21 Å². The third-order valence-corrected chi connectivity index (χ3v) is 5.65. The van der Waals surface area contributed by atoms with Crippen LogP contribution in [0.3, 0.4) is 0 Å². The number of pyridine rings is 1. The van der Waals surface area contributed by atoms with E-state index in [-0.39, 0.29) is 47.8 Å². The van der Waals surface area contributed by atoms with Crippen molar-refractivity contribution in [3.8, 4) is 17.0 Å². The maximum absolute atomic E-state index is 12.7. The molecule has 1 saturated heterocycles. The number of aromatic nitrogens is 3. The molecule has 3 aromatic rings.